The number of amides is 1. The third-order valence-electron chi connectivity index (χ3n) is 1.54. The molecule has 4 heteroatoms. The van der Waals surface area contributed by atoms with Crippen LogP contribution in [0.15, 0.2) is 16.8 Å². The van der Waals surface area contributed by atoms with E-state index >= 15 is 0 Å². The van der Waals surface area contributed by atoms with E-state index in [0.29, 0.717) is 0 Å². The normalized spacial score (nSPS) is 13.2. The molecule has 0 rings (SSSR count). The first-order valence-corrected chi connectivity index (χ1v) is 5.20. The number of nitrogens with two attached hydrogens (primary N) is 2. The number of allylic oxidation sites excluding steroid dienone is 1. The second-order valence-corrected chi connectivity index (χ2v) is 3.20. The quantitative estimate of drug-likeness (QED) is 0.537. The van der Waals surface area contributed by atoms with Gasteiger partial charge in [0, 0.05) is 24.4 Å². The Labute approximate surface area is 92.4 Å². The minimum absolute atomic E-state index is 0.204. The predicted octanol–water partition coefficient (Wildman–Crippen LogP) is 1.60. The van der Waals surface area contributed by atoms with E-state index in [1.54, 1.807) is 0 Å². The molecule has 0 spiro atoms. The average Bonchev–Trinajstić information content (AvgIpc) is 2.17. The molecule has 0 unspecified atom stereocenters. The summed E-state index contributed by atoms with van der Waals surface area (Å²) in [5.74, 6) is 0. The van der Waals surface area contributed by atoms with E-state index in [0.717, 1.165) is 25.0 Å². The zero-order valence-corrected chi connectivity index (χ0v) is 9.94. The smallest absolute Gasteiger partial charge is 0.204 e. The molecule has 0 heterocycles. The average molecular weight is 213 g/mol. The third kappa shape index (κ3) is 15.6. The van der Waals surface area contributed by atoms with E-state index in [9.17, 15) is 0 Å². The van der Waals surface area contributed by atoms with Crippen molar-refractivity contribution in [2.24, 2.45) is 16.5 Å². The maximum atomic E-state index is 8.58. The molecule has 0 saturated carbocycles. The van der Waals surface area contributed by atoms with Gasteiger partial charge in [-0.25, -0.2) is 0 Å². The minimum atomic E-state index is 0.204. The second-order valence-electron chi connectivity index (χ2n) is 3.20. The van der Waals surface area contributed by atoms with Crippen molar-refractivity contribution in [2.75, 3.05) is 0 Å². The molecular formula is C11H23N3O. The van der Waals surface area contributed by atoms with Crippen molar-refractivity contribution in [3.05, 3.63) is 11.8 Å². The van der Waals surface area contributed by atoms with Gasteiger partial charge in [-0.05, 0) is 20.3 Å². The summed E-state index contributed by atoms with van der Waals surface area (Å²) in [4.78, 5) is 12.9. The van der Waals surface area contributed by atoms with Gasteiger partial charge in [0.05, 0.1) is 0 Å². The molecular weight excluding hydrogens is 190 g/mol. The summed E-state index contributed by atoms with van der Waals surface area (Å²) in [5.41, 5.74) is 10.9. The molecule has 4 N–H and O–H groups in total. The van der Waals surface area contributed by atoms with Crippen LogP contribution in [0.2, 0.25) is 0 Å². The van der Waals surface area contributed by atoms with E-state index in [2.05, 4.69) is 17.6 Å². The minimum Gasteiger partial charge on any atom is -0.372 e. The van der Waals surface area contributed by atoms with Gasteiger partial charge in [-0.2, -0.15) is 0 Å². The Balaban J connectivity index is 0. The largest absolute Gasteiger partial charge is 0.372 e. The molecule has 0 aliphatic rings. The molecule has 0 aliphatic heterocycles. The number of carbonyl (C=O) groups excluding carboxylic acids is 1. The Morgan fingerprint density at radius 3 is 2.40 bits per heavy atom. The van der Waals surface area contributed by atoms with Gasteiger partial charge in [0.15, 0.2) is 0 Å². The molecule has 0 fully saturated rings. The molecule has 0 aromatic rings. The van der Waals surface area contributed by atoms with Crippen LogP contribution < -0.4 is 11.5 Å². The fraction of sp³-hybridized carbons (Fsp3) is 0.636. The number of rotatable bonds is 5. The van der Waals surface area contributed by atoms with Gasteiger partial charge in [-0.1, -0.05) is 19.4 Å². The monoisotopic (exact) mass is 213 g/mol. The van der Waals surface area contributed by atoms with Crippen LogP contribution in [0.1, 0.15) is 40.0 Å². The van der Waals surface area contributed by atoms with Gasteiger partial charge in [-0.15, -0.1) is 0 Å². The molecule has 0 aliphatic carbocycles. The number of nitrogens with zero attached hydrogens (tertiary/aromatic N) is 1. The van der Waals surface area contributed by atoms with Gasteiger partial charge < -0.3 is 11.5 Å². The number of aliphatic imine (C=N–C) groups is 1. The first kappa shape index (κ1) is 16.3. The third-order valence-corrected chi connectivity index (χ3v) is 1.54. The van der Waals surface area contributed by atoms with Crippen LogP contribution >= 0.6 is 0 Å². The molecule has 15 heavy (non-hydrogen) atoms. The number of unbranched alkanes of at least 4 members (excludes halogenated alkanes) is 1. The number of hydrogen-bond acceptors (Lipinski definition) is 3. The SMILES string of the molecule is C/C=C(/C[C@@H](C)N)N=CCCC.NC=O. The van der Waals surface area contributed by atoms with E-state index < -0.39 is 0 Å². The van der Waals surface area contributed by atoms with Gasteiger partial charge in [0.2, 0.25) is 6.41 Å². The zero-order chi connectivity index (χ0) is 12.1. The highest BCUT2D eigenvalue weighted by Gasteiger charge is 1.96. The Morgan fingerprint density at radius 1 is 1.53 bits per heavy atom. The second kappa shape index (κ2) is 12.8. The molecule has 0 aromatic carbocycles. The van der Waals surface area contributed by atoms with E-state index in [4.69, 9.17) is 10.5 Å². The van der Waals surface area contributed by atoms with Gasteiger partial charge in [-0.3, -0.25) is 9.79 Å². The van der Waals surface area contributed by atoms with Gasteiger partial charge >= 0.3 is 0 Å². The van der Waals surface area contributed by atoms with Crippen molar-refractivity contribution in [1.29, 1.82) is 0 Å². The molecule has 88 valence electrons. The topological polar surface area (TPSA) is 81.5 Å². The highest BCUT2D eigenvalue weighted by molar-refractivity contribution is 5.58. The molecule has 1 amide bonds. The van der Waals surface area contributed by atoms with Crippen LogP contribution in [0, 0.1) is 0 Å². The Bertz CT molecular complexity index is 198. The van der Waals surface area contributed by atoms with E-state index in [1.807, 2.05) is 26.1 Å². The first-order valence-electron chi connectivity index (χ1n) is 5.20. The van der Waals surface area contributed by atoms with Crippen molar-refractivity contribution in [2.45, 2.75) is 46.1 Å². The summed E-state index contributed by atoms with van der Waals surface area (Å²) in [6, 6.07) is 0.204. The standard InChI is InChI=1S/C10H20N2.CH3NO/c1-4-6-7-12-10(5-2)8-9(3)11;2-1-3/h5,7,9H,4,6,8,11H2,1-3H3;1H,(H2,2,3)/b10-5-,12-7?;/t9-;/m1./s1. The van der Waals surface area contributed by atoms with Crippen molar-refractivity contribution in [1.82, 2.24) is 0 Å². The number of primary amides is 1. The number of carbonyl (C=O) groups is 1. The van der Waals surface area contributed by atoms with Gasteiger partial charge in [0.25, 0.3) is 0 Å². The molecule has 0 bridgehead atoms. The van der Waals surface area contributed by atoms with Crippen LogP contribution in [0.25, 0.3) is 0 Å². The fourth-order valence-corrected chi connectivity index (χ4v) is 0.886. The van der Waals surface area contributed by atoms with Crippen LogP contribution in [-0.2, 0) is 4.79 Å². The summed E-state index contributed by atoms with van der Waals surface area (Å²) in [6.45, 7) is 6.15. The highest BCUT2D eigenvalue weighted by atomic mass is 16.1. The summed E-state index contributed by atoms with van der Waals surface area (Å²) in [6.07, 6.45) is 7.32. The van der Waals surface area contributed by atoms with Crippen LogP contribution in [0.4, 0.5) is 0 Å². The Hall–Kier alpha value is -1.16. The van der Waals surface area contributed by atoms with E-state index in [-0.39, 0.29) is 12.5 Å². The van der Waals surface area contributed by atoms with Crippen molar-refractivity contribution < 1.29 is 4.79 Å². The van der Waals surface area contributed by atoms with Crippen LogP contribution in [0.3, 0.4) is 0 Å². The molecule has 0 saturated heterocycles. The van der Waals surface area contributed by atoms with Gasteiger partial charge in [0.1, 0.15) is 0 Å². The summed E-state index contributed by atoms with van der Waals surface area (Å²) >= 11 is 0. The lowest BCUT2D eigenvalue weighted by atomic mass is 10.2. The summed E-state index contributed by atoms with van der Waals surface area (Å²) in [7, 11) is 0. The van der Waals surface area contributed by atoms with E-state index in [1.165, 1.54) is 0 Å². The lowest BCUT2D eigenvalue weighted by Crippen LogP contribution is -2.14. The van der Waals surface area contributed by atoms with Crippen molar-refractivity contribution >= 4 is 12.6 Å². The highest BCUT2D eigenvalue weighted by Crippen LogP contribution is 2.04. The summed E-state index contributed by atoms with van der Waals surface area (Å²) < 4.78 is 0. The Kier molecular flexibility index (Phi) is 13.9. The molecule has 0 radical (unpaired) electrons. The van der Waals surface area contributed by atoms with Crippen LogP contribution in [0.5, 0.6) is 0 Å². The molecule has 0 aromatic heterocycles. The van der Waals surface area contributed by atoms with Crippen molar-refractivity contribution in [3.8, 4) is 0 Å². The lowest BCUT2D eigenvalue weighted by Gasteiger charge is -2.03. The summed E-state index contributed by atoms with van der Waals surface area (Å²) in [5, 5.41) is 0. The predicted molar refractivity (Wildman–Crippen MR) is 65.7 cm³/mol. The maximum Gasteiger partial charge on any atom is 0.204 e. The van der Waals surface area contributed by atoms with Crippen LogP contribution in [-0.4, -0.2) is 18.7 Å². The fourth-order valence-electron chi connectivity index (χ4n) is 0.886. The number of hydrogen-bond donors (Lipinski definition) is 2. The molecule has 4 nitrogen and oxygen atoms in total. The lowest BCUT2D eigenvalue weighted by molar-refractivity contribution is -0.106. The zero-order valence-electron chi connectivity index (χ0n) is 9.94. The first-order chi connectivity index (χ1) is 7.12. The Morgan fingerprint density at radius 2 is 2.07 bits per heavy atom. The van der Waals surface area contributed by atoms with Crippen molar-refractivity contribution in [3.63, 3.8) is 0 Å². The maximum absolute atomic E-state index is 8.58. The molecule has 1 atom stereocenters.